The maximum Gasteiger partial charge on any atom is 0.326 e. The highest BCUT2D eigenvalue weighted by Gasteiger charge is 2.23. The fourth-order valence-corrected chi connectivity index (χ4v) is 2.90. The molecule has 1 aromatic heterocycles. The Bertz CT molecular complexity index is 818. The Hall–Kier alpha value is -2.63. The van der Waals surface area contributed by atoms with Crippen molar-refractivity contribution in [1.82, 2.24) is 15.1 Å². The van der Waals surface area contributed by atoms with Crippen LogP contribution in [0.1, 0.15) is 60.9 Å². The van der Waals surface area contributed by atoms with Crippen LogP contribution in [0, 0.1) is 19.3 Å². The SMILES string of the molecule is Cc1cc(C)n(Cc2cccc(C(=O)NC(CCC(C)(C)C)C(=O)O)c2)n1. The maximum atomic E-state index is 12.6. The van der Waals surface area contributed by atoms with Crippen molar-refractivity contribution in [3.63, 3.8) is 0 Å². The smallest absolute Gasteiger partial charge is 0.326 e. The summed E-state index contributed by atoms with van der Waals surface area (Å²) >= 11 is 0. The second-order valence-electron chi connectivity index (χ2n) is 8.25. The number of amides is 1. The molecule has 0 saturated heterocycles. The molecule has 146 valence electrons. The van der Waals surface area contributed by atoms with Crippen LogP contribution in [0.5, 0.6) is 0 Å². The summed E-state index contributed by atoms with van der Waals surface area (Å²) in [4.78, 5) is 24.1. The normalized spacial score (nSPS) is 12.6. The van der Waals surface area contributed by atoms with Gasteiger partial charge in [-0.3, -0.25) is 9.48 Å². The second kappa shape index (κ2) is 8.37. The van der Waals surface area contributed by atoms with Crippen molar-refractivity contribution >= 4 is 11.9 Å². The van der Waals surface area contributed by atoms with E-state index in [0.717, 1.165) is 17.0 Å². The van der Waals surface area contributed by atoms with Gasteiger partial charge in [-0.1, -0.05) is 32.9 Å². The molecule has 1 unspecified atom stereocenters. The summed E-state index contributed by atoms with van der Waals surface area (Å²) in [6.07, 6.45) is 1.11. The van der Waals surface area contributed by atoms with Gasteiger partial charge in [0.05, 0.1) is 12.2 Å². The van der Waals surface area contributed by atoms with Crippen LogP contribution >= 0.6 is 0 Å². The van der Waals surface area contributed by atoms with Crippen molar-refractivity contribution in [2.45, 2.75) is 60.0 Å². The molecule has 0 fully saturated rings. The van der Waals surface area contributed by atoms with E-state index in [1.165, 1.54) is 0 Å². The van der Waals surface area contributed by atoms with E-state index in [0.29, 0.717) is 24.9 Å². The molecule has 0 aliphatic heterocycles. The highest BCUT2D eigenvalue weighted by atomic mass is 16.4. The molecule has 0 saturated carbocycles. The van der Waals surface area contributed by atoms with E-state index in [2.05, 4.69) is 31.2 Å². The van der Waals surface area contributed by atoms with Gasteiger partial charge in [-0.25, -0.2) is 4.79 Å². The number of benzene rings is 1. The van der Waals surface area contributed by atoms with E-state index in [1.54, 1.807) is 18.2 Å². The topological polar surface area (TPSA) is 84.2 Å². The number of carboxylic acid groups (broad SMARTS) is 1. The van der Waals surface area contributed by atoms with Gasteiger partial charge in [-0.15, -0.1) is 0 Å². The van der Waals surface area contributed by atoms with Crippen molar-refractivity contribution in [2.75, 3.05) is 0 Å². The van der Waals surface area contributed by atoms with Gasteiger partial charge in [-0.05, 0) is 55.9 Å². The molecule has 1 amide bonds. The van der Waals surface area contributed by atoms with E-state index in [4.69, 9.17) is 0 Å². The summed E-state index contributed by atoms with van der Waals surface area (Å²) in [7, 11) is 0. The fourth-order valence-electron chi connectivity index (χ4n) is 2.90. The number of aromatic nitrogens is 2. The molecule has 2 rings (SSSR count). The Labute approximate surface area is 160 Å². The van der Waals surface area contributed by atoms with E-state index in [9.17, 15) is 14.7 Å². The van der Waals surface area contributed by atoms with Crippen molar-refractivity contribution in [1.29, 1.82) is 0 Å². The fraction of sp³-hybridized carbons (Fsp3) is 0.476. The molecule has 6 heteroatoms. The zero-order valence-electron chi connectivity index (χ0n) is 16.7. The molecular formula is C21H29N3O3. The van der Waals surface area contributed by atoms with Crippen molar-refractivity contribution < 1.29 is 14.7 Å². The highest BCUT2D eigenvalue weighted by molar-refractivity contribution is 5.96. The van der Waals surface area contributed by atoms with Crippen LogP contribution in [0.4, 0.5) is 0 Å². The zero-order chi connectivity index (χ0) is 20.2. The number of hydrogen-bond donors (Lipinski definition) is 2. The molecule has 6 nitrogen and oxygen atoms in total. The summed E-state index contributed by atoms with van der Waals surface area (Å²) in [6, 6.07) is 8.33. The maximum absolute atomic E-state index is 12.6. The van der Waals surface area contributed by atoms with E-state index >= 15 is 0 Å². The highest BCUT2D eigenvalue weighted by Crippen LogP contribution is 2.22. The number of rotatable bonds is 7. The molecule has 0 aliphatic carbocycles. The quantitative estimate of drug-likeness (QED) is 0.779. The van der Waals surface area contributed by atoms with Crippen LogP contribution in [0.3, 0.4) is 0 Å². The lowest BCUT2D eigenvalue weighted by Gasteiger charge is -2.21. The summed E-state index contributed by atoms with van der Waals surface area (Å²) < 4.78 is 1.88. The number of carbonyl (C=O) groups is 2. The monoisotopic (exact) mass is 371 g/mol. The first kappa shape index (κ1) is 20.7. The molecule has 1 heterocycles. The molecule has 2 N–H and O–H groups in total. The van der Waals surface area contributed by atoms with E-state index in [-0.39, 0.29) is 11.3 Å². The number of nitrogens with zero attached hydrogens (tertiary/aromatic N) is 2. The first-order valence-corrected chi connectivity index (χ1v) is 9.19. The molecule has 1 atom stereocenters. The zero-order valence-corrected chi connectivity index (χ0v) is 16.7. The van der Waals surface area contributed by atoms with Crippen LogP contribution in [0.25, 0.3) is 0 Å². The summed E-state index contributed by atoms with van der Waals surface area (Å²) in [5.74, 6) is -1.38. The van der Waals surface area contributed by atoms with Gasteiger partial charge in [0, 0.05) is 11.3 Å². The summed E-state index contributed by atoms with van der Waals surface area (Å²) in [5.41, 5.74) is 3.41. The minimum atomic E-state index is -1.01. The predicted molar refractivity (Wildman–Crippen MR) is 105 cm³/mol. The van der Waals surface area contributed by atoms with E-state index in [1.807, 2.05) is 30.7 Å². The Morgan fingerprint density at radius 3 is 2.48 bits per heavy atom. The number of hydrogen-bond acceptors (Lipinski definition) is 3. The van der Waals surface area contributed by atoms with Crippen LogP contribution < -0.4 is 5.32 Å². The molecule has 0 bridgehead atoms. The largest absolute Gasteiger partial charge is 0.480 e. The molecule has 1 aromatic carbocycles. The molecule has 0 spiro atoms. The standard InChI is InChI=1S/C21H29N3O3/c1-14-11-15(2)24(23-14)13-16-7-6-8-17(12-16)19(25)22-18(20(26)27)9-10-21(3,4)5/h6-8,11-12,18H,9-10,13H2,1-5H3,(H,22,25)(H,26,27). The number of aryl methyl sites for hydroxylation is 2. The van der Waals surface area contributed by atoms with Crippen LogP contribution in [0.15, 0.2) is 30.3 Å². The van der Waals surface area contributed by atoms with Crippen LogP contribution in [-0.2, 0) is 11.3 Å². The molecular weight excluding hydrogens is 342 g/mol. The van der Waals surface area contributed by atoms with Crippen molar-refractivity contribution in [3.05, 3.63) is 52.8 Å². The molecule has 0 aliphatic rings. The first-order chi connectivity index (χ1) is 12.5. The lowest BCUT2D eigenvalue weighted by atomic mass is 9.88. The lowest BCUT2D eigenvalue weighted by Crippen LogP contribution is -2.41. The van der Waals surface area contributed by atoms with Gasteiger partial charge in [-0.2, -0.15) is 5.10 Å². The third-order valence-electron chi connectivity index (χ3n) is 4.41. The second-order valence-corrected chi connectivity index (χ2v) is 8.25. The van der Waals surface area contributed by atoms with Crippen molar-refractivity contribution in [3.8, 4) is 0 Å². The van der Waals surface area contributed by atoms with Gasteiger partial charge < -0.3 is 10.4 Å². The number of carboxylic acids is 1. The number of carbonyl (C=O) groups excluding carboxylic acids is 1. The van der Waals surface area contributed by atoms with Crippen molar-refractivity contribution in [2.24, 2.45) is 5.41 Å². The number of nitrogens with one attached hydrogen (secondary N) is 1. The summed E-state index contributed by atoms with van der Waals surface area (Å²) in [6.45, 7) is 10.6. The van der Waals surface area contributed by atoms with Gasteiger partial charge in [0.2, 0.25) is 0 Å². The Balaban J connectivity index is 2.09. The third-order valence-corrected chi connectivity index (χ3v) is 4.41. The Morgan fingerprint density at radius 2 is 1.93 bits per heavy atom. The van der Waals surface area contributed by atoms with Gasteiger partial charge >= 0.3 is 5.97 Å². The van der Waals surface area contributed by atoms with Gasteiger partial charge in [0.15, 0.2) is 0 Å². The van der Waals surface area contributed by atoms with E-state index < -0.39 is 12.0 Å². The lowest BCUT2D eigenvalue weighted by molar-refractivity contribution is -0.139. The Morgan fingerprint density at radius 1 is 1.22 bits per heavy atom. The van der Waals surface area contributed by atoms with Gasteiger partial charge in [0.25, 0.3) is 5.91 Å². The molecule has 2 aromatic rings. The van der Waals surface area contributed by atoms with Crippen LogP contribution in [0.2, 0.25) is 0 Å². The first-order valence-electron chi connectivity index (χ1n) is 9.19. The average molecular weight is 371 g/mol. The minimum absolute atomic E-state index is 0.0120. The molecule has 0 radical (unpaired) electrons. The van der Waals surface area contributed by atoms with Gasteiger partial charge in [0.1, 0.15) is 6.04 Å². The average Bonchev–Trinajstić information content (AvgIpc) is 2.87. The Kier molecular flexibility index (Phi) is 6.41. The molecule has 27 heavy (non-hydrogen) atoms. The summed E-state index contributed by atoms with van der Waals surface area (Å²) in [5, 5.41) is 16.5. The van der Waals surface area contributed by atoms with Crippen LogP contribution in [-0.4, -0.2) is 32.8 Å². The number of aliphatic carboxylic acids is 1. The predicted octanol–water partition coefficient (Wildman–Crippen LogP) is 3.56. The third kappa shape index (κ3) is 6.24. The minimum Gasteiger partial charge on any atom is -0.480 e.